The maximum atomic E-state index is 3.56. The number of aromatic nitrogens is 3. The molecule has 3 nitrogen and oxygen atoms in total. The second-order valence-electron chi connectivity index (χ2n) is 3.65. The highest BCUT2D eigenvalue weighted by Gasteiger charge is 1.92. The first kappa shape index (κ1) is 13.3. The Labute approximate surface area is 114 Å². The maximum Gasteiger partial charge on any atom is 0.119 e. The highest BCUT2D eigenvalue weighted by molar-refractivity contribution is 7.55. The molecule has 0 aliphatic heterocycles. The summed E-state index contributed by atoms with van der Waals surface area (Å²) in [5, 5.41) is 2.79. The summed E-state index contributed by atoms with van der Waals surface area (Å²) in [5.41, 5.74) is 0. The van der Waals surface area contributed by atoms with Gasteiger partial charge in [0, 0.05) is 0 Å². The van der Waals surface area contributed by atoms with Gasteiger partial charge in [0.15, 0.2) is 0 Å². The molecule has 0 aliphatic carbocycles. The van der Waals surface area contributed by atoms with Crippen molar-refractivity contribution in [3.05, 3.63) is 79.6 Å². The van der Waals surface area contributed by atoms with Gasteiger partial charge in [-0.05, 0) is 10.6 Å². The molecule has 0 saturated carbocycles. The highest BCUT2D eigenvalue weighted by atomic mass is 31.1. The summed E-state index contributed by atoms with van der Waals surface area (Å²) in [6, 6.07) is 21.2. The fraction of sp³-hybridized carbons (Fsp3) is 0. The van der Waals surface area contributed by atoms with E-state index in [1.165, 1.54) is 29.6 Å². The molecule has 3 aromatic rings. The lowest BCUT2D eigenvalue weighted by atomic mass is 10.4. The molecule has 0 amide bonds. The zero-order valence-electron chi connectivity index (χ0n) is 10.3. The predicted molar refractivity (Wildman–Crippen MR) is 80.3 cm³/mol. The van der Waals surface area contributed by atoms with Crippen LogP contribution in [0.4, 0.5) is 0 Å². The standard InChI is InChI=1S/C12H11P.C3H3N3/c1-3-7-11(8-4-1)13-12-9-5-2-6-10-12;1-4-2-6-3-5-1/h1-10,13H;1-3H. The van der Waals surface area contributed by atoms with Crippen molar-refractivity contribution in [2.75, 3.05) is 0 Å². The first-order chi connectivity index (χ1) is 9.45. The van der Waals surface area contributed by atoms with Gasteiger partial charge in [-0.1, -0.05) is 69.2 Å². The second kappa shape index (κ2) is 8.06. The van der Waals surface area contributed by atoms with Crippen LogP contribution < -0.4 is 10.6 Å². The smallest absolute Gasteiger partial charge is 0.119 e. The summed E-state index contributed by atoms with van der Waals surface area (Å²) >= 11 is 0. The molecule has 3 rings (SSSR count). The van der Waals surface area contributed by atoms with E-state index in [-0.39, 0.29) is 0 Å². The van der Waals surface area contributed by atoms with E-state index in [0.717, 1.165) is 8.58 Å². The molecule has 0 unspecified atom stereocenters. The van der Waals surface area contributed by atoms with E-state index in [2.05, 4.69) is 75.6 Å². The molecule has 1 aromatic heterocycles. The Morgan fingerprint density at radius 1 is 0.526 bits per heavy atom. The number of rotatable bonds is 2. The van der Waals surface area contributed by atoms with Crippen LogP contribution in [0.25, 0.3) is 0 Å². The van der Waals surface area contributed by atoms with Gasteiger partial charge in [0.2, 0.25) is 0 Å². The van der Waals surface area contributed by atoms with E-state index in [0.29, 0.717) is 0 Å². The molecular weight excluding hydrogens is 253 g/mol. The monoisotopic (exact) mass is 267 g/mol. The van der Waals surface area contributed by atoms with Crippen LogP contribution in [-0.2, 0) is 0 Å². The van der Waals surface area contributed by atoms with Crippen LogP contribution in [0, 0.1) is 0 Å². The van der Waals surface area contributed by atoms with Gasteiger partial charge in [0.25, 0.3) is 0 Å². The molecular formula is C15H14N3P. The van der Waals surface area contributed by atoms with Crippen molar-refractivity contribution in [1.29, 1.82) is 0 Å². The fourth-order valence-electron chi connectivity index (χ4n) is 1.41. The Kier molecular flexibility index (Phi) is 5.65. The van der Waals surface area contributed by atoms with Crippen molar-refractivity contribution in [2.24, 2.45) is 0 Å². The molecule has 0 bridgehead atoms. The molecule has 0 fully saturated rings. The van der Waals surface area contributed by atoms with Crippen LogP contribution in [0.15, 0.2) is 79.6 Å². The molecule has 2 aromatic carbocycles. The second-order valence-corrected chi connectivity index (χ2v) is 5.06. The number of benzene rings is 2. The normalized spacial score (nSPS) is 9.26. The average molecular weight is 267 g/mol. The van der Waals surface area contributed by atoms with E-state index < -0.39 is 0 Å². The van der Waals surface area contributed by atoms with Crippen LogP contribution in [0.1, 0.15) is 0 Å². The molecule has 19 heavy (non-hydrogen) atoms. The third kappa shape index (κ3) is 5.36. The lowest BCUT2D eigenvalue weighted by Gasteiger charge is -2.00. The van der Waals surface area contributed by atoms with Gasteiger partial charge in [-0.25, -0.2) is 15.0 Å². The first-order valence-corrected chi connectivity index (χ1v) is 6.87. The summed E-state index contributed by atoms with van der Waals surface area (Å²) < 4.78 is 0. The van der Waals surface area contributed by atoms with Crippen LogP contribution >= 0.6 is 8.58 Å². The summed E-state index contributed by atoms with van der Waals surface area (Å²) in [6.07, 6.45) is 4.31. The molecule has 1 heterocycles. The molecule has 0 N–H and O–H groups in total. The van der Waals surface area contributed by atoms with Crippen molar-refractivity contribution in [2.45, 2.75) is 0 Å². The Bertz CT molecular complexity index is 494. The van der Waals surface area contributed by atoms with Crippen LogP contribution in [0.3, 0.4) is 0 Å². The first-order valence-electron chi connectivity index (χ1n) is 5.87. The summed E-state index contributed by atoms with van der Waals surface area (Å²) in [6.45, 7) is 0. The van der Waals surface area contributed by atoms with E-state index in [1.807, 2.05) is 0 Å². The van der Waals surface area contributed by atoms with Gasteiger partial charge < -0.3 is 0 Å². The fourth-order valence-corrected chi connectivity index (χ4v) is 2.47. The highest BCUT2D eigenvalue weighted by Crippen LogP contribution is 2.08. The molecule has 0 radical (unpaired) electrons. The number of hydrogen-bond acceptors (Lipinski definition) is 3. The zero-order valence-corrected chi connectivity index (χ0v) is 11.3. The quantitative estimate of drug-likeness (QED) is 0.668. The molecule has 0 spiro atoms. The predicted octanol–water partition coefficient (Wildman–Crippen LogP) is 2.19. The number of nitrogens with zero attached hydrogens (tertiary/aromatic N) is 3. The third-order valence-electron chi connectivity index (χ3n) is 2.24. The van der Waals surface area contributed by atoms with Crippen molar-refractivity contribution in [3.8, 4) is 0 Å². The Morgan fingerprint density at radius 3 is 1.21 bits per heavy atom. The van der Waals surface area contributed by atoms with Gasteiger partial charge in [-0.3, -0.25) is 0 Å². The molecule has 0 aliphatic rings. The summed E-state index contributed by atoms with van der Waals surface area (Å²) in [7, 11) is 0.777. The van der Waals surface area contributed by atoms with E-state index in [9.17, 15) is 0 Å². The molecule has 94 valence electrons. The zero-order chi connectivity index (χ0) is 13.2. The van der Waals surface area contributed by atoms with Crippen molar-refractivity contribution < 1.29 is 0 Å². The van der Waals surface area contributed by atoms with Crippen LogP contribution in [-0.4, -0.2) is 15.0 Å². The van der Waals surface area contributed by atoms with E-state index in [1.54, 1.807) is 0 Å². The summed E-state index contributed by atoms with van der Waals surface area (Å²) in [4.78, 5) is 10.7. The largest absolute Gasteiger partial charge is 0.225 e. The average Bonchev–Trinajstić information content (AvgIpc) is 2.52. The maximum absolute atomic E-state index is 3.56. The third-order valence-corrected chi connectivity index (χ3v) is 3.48. The van der Waals surface area contributed by atoms with Gasteiger partial charge >= 0.3 is 0 Å². The van der Waals surface area contributed by atoms with Gasteiger partial charge in [-0.2, -0.15) is 0 Å². The Morgan fingerprint density at radius 2 is 0.895 bits per heavy atom. The van der Waals surface area contributed by atoms with Gasteiger partial charge in [-0.15, -0.1) is 0 Å². The lowest BCUT2D eigenvalue weighted by Crippen LogP contribution is -2.01. The number of hydrogen-bond donors (Lipinski definition) is 0. The van der Waals surface area contributed by atoms with E-state index >= 15 is 0 Å². The van der Waals surface area contributed by atoms with Crippen molar-refractivity contribution in [1.82, 2.24) is 15.0 Å². The minimum absolute atomic E-state index is 0.777. The van der Waals surface area contributed by atoms with Gasteiger partial charge in [0.1, 0.15) is 19.0 Å². The van der Waals surface area contributed by atoms with Crippen LogP contribution in [0.5, 0.6) is 0 Å². The molecule has 4 heteroatoms. The van der Waals surface area contributed by atoms with Gasteiger partial charge in [0.05, 0.1) is 0 Å². The van der Waals surface area contributed by atoms with E-state index in [4.69, 9.17) is 0 Å². The Hall–Kier alpha value is -2.12. The topological polar surface area (TPSA) is 38.7 Å². The minimum atomic E-state index is 0.777. The minimum Gasteiger partial charge on any atom is -0.225 e. The molecule has 0 atom stereocenters. The molecule has 0 saturated heterocycles. The lowest BCUT2D eigenvalue weighted by molar-refractivity contribution is 1.05. The van der Waals surface area contributed by atoms with Crippen molar-refractivity contribution >= 4 is 19.2 Å². The van der Waals surface area contributed by atoms with Crippen molar-refractivity contribution in [3.63, 3.8) is 0 Å². The Balaban J connectivity index is 0.000000186. The summed E-state index contributed by atoms with van der Waals surface area (Å²) in [5.74, 6) is 0. The SMILES string of the molecule is c1ccc(Pc2ccccc2)cc1.c1ncncn1. The van der Waals surface area contributed by atoms with Crippen LogP contribution in [0.2, 0.25) is 0 Å².